The molecule has 162 valence electrons. The zero-order valence-corrected chi connectivity index (χ0v) is 17.5. The van der Waals surface area contributed by atoms with Crippen molar-refractivity contribution in [2.75, 3.05) is 32.2 Å². The summed E-state index contributed by atoms with van der Waals surface area (Å²) < 4.78 is 10.3. The fourth-order valence-electron chi connectivity index (χ4n) is 6.07. The molecule has 0 saturated carbocycles. The van der Waals surface area contributed by atoms with E-state index < -0.39 is 28.6 Å². The molecule has 1 aromatic carbocycles. The summed E-state index contributed by atoms with van der Waals surface area (Å²) in [5.74, 6) is -0.822. The van der Waals surface area contributed by atoms with Gasteiger partial charge in [-0.15, -0.1) is 0 Å². The smallest absolute Gasteiger partial charge is 0.414 e. The Balaban J connectivity index is 1.92. The summed E-state index contributed by atoms with van der Waals surface area (Å²) in [7, 11) is 2.53. The number of hydrogen-bond acceptors (Lipinski definition) is 6. The number of esters is 1. The Morgan fingerprint density at radius 2 is 1.87 bits per heavy atom. The van der Waals surface area contributed by atoms with Crippen molar-refractivity contribution < 1.29 is 29.0 Å². The van der Waals surface area contributed by atoms with Crippen LogP contribution in [0.5, 0.6) is 0 Å². The molecule has 4 bridgehead atoms. The van der Waals surface area contributed by atoms with Crippen LogP contribution in [-0.2, 0) is 24.5 Å². The second-order valence-electron chi connectivity index (χ2n) is 8.53. The van der Waals surface area contributed by atoms with Gasteiger partial charge in [-0.2, -0.15) is 0 Å². The van der Waals surface area contributed by atoms with E-state index in [1.807, 2.05) is 12.1 Å². The Kier molecular flexibility index (Phi) is 4.11. The zero-order valence-electron chi connectivity index (χ0n) is 17.5. The van der Waals surface area contributed by atoms with Gasteiger partial charge in [0.25, 0.3) is 0 Å². The molecule has 2 amide bonds. The fourth-order valence-corrected chi connectivity index (χ4v) is 6.07. The SMILES string of the molecule is COC(=O)C1=C[C@]2(O)C=CCN3CC[C@]4(C3=O)c3ccccc3N(C(=O)OC)[C@]14CC2. The number of para-hydroxylation sites is 1. The molecule has 4 heterocycles. The third-order valence-corrected chi connectivity index (χ3v) is 7.32. The maximum atomic E-state index is 14.0. The van der Waals surface area contributed by atoms with E-state index in [1.165, 1.54) is 25.2 Å². The molecule has 0 unspecified atom stereocenters. The number of aliphatic hydroxyl groups is 1. The molecule has 1 aliphatic carbocycles. The molecule has 5 aliphatic rings. The average molecular weight is 424 g/mol. The highest BCUT2D eigenvalue weighted by Gasteiger charge is 2.73. The molecule has 0 aromatic heterocycles. The molecule has 0 radical (unpaired) electrons. The van der Waals surface area contributed by atoms with Crippen LogP contribution in [0.15, 0.2) is 48.1 Å². The fraction of sp³-hybridized carbons (Fsp3) is 0.435. The predicted molar refractivity (Wildman–Crippen MR) is 110 cm³/mol. The Labute approximate surface area is 179 Å². The first-order valence-electron chi connectivity index (χ1n) is 10.3. The quantitative estimate of drug-likeness (QED) is 0.544. The Bertz CT molecular complexity index is 1060. The lowest BCUT2D eigenvalue weighted by Gasteiger charge is -2.51. The molecule has 3 atom stereocenters. The number of ether oxygens (including phenoxy) is 2. The van der Waals surface area contributed by atoms with E-state index in [4.69, 9.17) is 9.47 Å². The van der Waals surface area contributed by atoms with E-state index in [2.05, 4.69) is 0 Å². The van der Waals surface area contributed by atoms with Crippen LogP contribution in [0.25, 0.3) is 0 Å². The third-order valence-electron chi connectivity index (χ3n) is 7.32. The van der Waals surface area contributed by atoms with Gasteiger partial charge in [0.2, 0.25) is 5.91 Å². The van der Waals surface area contributed by atoms with Crippen LogP contribution in [0, 0.1) is 0 Å². The summed E-state index contributed by atoms with van der Waals surface area (Å²) >= 11 is 0. The van der Waals surface area contributed by atoms with E-state index in [0.29, 0.717) is 30.8 Å². The van der Waals surface area contributed by atoms with Crippen LogP contribution < -0.4 is 4.90 Å². The van der Waals surface area contributed by atoms with Gasteiger partial charge in [-0.05, 0) is 37.0 Å². The van der Waals surface area contributed by atoms with Crippen molar-refractivity contribution in [3.05, 3.63) is 53.6 Å². The lowest BCUT2D eigenvalue weighted by molar-refractivity contribution is -0.139. The predicted octanol–water partition coefficient (Wildman–Crippen LogP) is 1.68. The summed E-state index contributed by atoms with van der Waals surface area (Å²) in [5.41, 5.74) is -2.58. The molecule has 31 heavy (non-hydrogen) atoms. The molecule has 1 N–H and O–H groups in total. The van der Waals surface area contributed by atoms with E-state index in [9.17, 15) is 19.5 Å². The summed E-state index contributed by atoms with van der Waals surface area (Å²) in [6.45, 7) is 0.821. The zero-order chi connectivity index (χ0) is 22.0. The van der Waals surface area contributed by atoms with Crippen LogP contribution >= 0.6 is 0 Å². The lowest BCUT2D eigenvalue weighted by atomic mass is 9.57. The number of rotatable bonds is 1. The number of anilines is 1. The van der Waals surface area contributed by atoms with E-state index >= 15 is 0 Å². The van der Waals surface area contributed by atoms with Gasteiger partial charge < -0.3 is 19.5 Å². The standard InChI is InChI=1S/C23H24N2O6/c1-30-18(26)16-14-21(29)8-5-12-24-13-11-22(19(24)27)15-6-3-4-7-17(15)25(20(28)31-2)23(16,22)10-9-21/h3-8,14,29H,9-13H2,1-2H3/t21-,22+,23+/m0/s1. The molecule has 6 rings (SSSR count). The van der Waals surface area contributed by atoms with E-state index in [0.717, 1.165) is 0 Å². The number of methoxy groups -OCH3 is 2. The molecule has 8 heteroatoms. The minimum atomic E-state index is -1.38. The average Bonchev–Trinajstić information content (AvgIpc) is 3.22. The molecule has 4 aliphatic heterocycles. The van der Waals surface area contributed by atoms with Gasteiger partial charge in [-0.1, -0.05) is 30.4 Å². The highest BCUT2D eigenvalue weighted by Crippen LogP contribution is 2.63. The van der Waals surface area contributed by atoms with Gasteiger partial charge in [0.1, 0.15) is 16.6 Å². The molecule has 8 nitrogen and oxygen atoms in total. The highest BCUT2D eigenvalue weighted by atomic mass is 16.5. The molecular weight excluding hydrogens is 400 g/mol. The largest absolute Gasteiger partial charge is 0.466 e. The molecular formula is C23H24N2O6. The van der Waals surface area contributed by atoms with Crippen molar-refractivity contribution in [1.82, 2.24) is 4.90 Å². The monoisotopic (exact) mass is 424 g/mol. The van der Waals surface area contributed by atoms with Gasteiger partial charge in [0.15, 0.2) is 0 Å². The van der Waals surface area contributed by atoms with Gasteiger partial charge in [-0.3, -0.25) is 9.69 Å². The van der Waals surface area contributed by atoms with Crippen LogP contribution in [0.2, 0.25) is 0 Å². The maximum absolute atomic E-state index is 14.0. The van der Waals surface area contributed by atoms with Crippen LogP contribution in [0.1, 0.15) is 24.8 Å². The number of amides is 2. The van der Waals surface area contributed by atoms with Gasteiger partial charge in [-0.25, -0.2) is 9.59 Å². The lowest BCUT2D eigenvalue weighted by Crippen LogP contribution is -2.67. The minimum absolute atomic E-state index is 0.104. The van der Waals surface area contributed by atoms with Crippen molar-refractivity contribution in [3.8, 4) is 0 Å². The second-order valence-corrected chi connectivity index (χ2v) is 8.53. The van der Waals surface area contributed by atoms with Gasteiger partial charge in [0, 0.05) is 13.1 Å². The van der Waals surface area contributed by atoms with E-state index in [1.54, 1.807) is 29.2 Å². The first-order valence-corrected chi connectivity index (χ1v) is 10.3. The van der Waals surface area contributed by atoms with Crippen LogP contribution in [0.4, 0.5) is 10.5 Å². The van der Waals surface area contributed by atoms with Crippen molar-refractivity contribution in [1.29, 1.82) is 0 Å². The van der Waals surface area contributed by atoms with Gasteiger partial charge in [0.05, 0.1) is 25.5 Å². The van der Waals surface area contributed by atoms with E-state index in [-0.39, 0.29) is 24.3 Å². The van der Waals surface area contributed by atoms with Crippen molar-refractivity contribution in [3.63, 3.8) is 0 Å². The first-order chi connectivity index (χ1) is 14.8. The first kappa shape index (κ1) is 19.8. The molecule has 1 aromatic rings. The van der Waals surface area contributed by atoms with Crippen molar-refractivity contribution in [2.24, 2.45) is 0 Å². The maximum Gasteiger partial charge on any atom is 0.414 e. The van der Waals surface area contributed by atoms with Crippen LogP contribution in [0.3, 0.4) is 0 Å². The molecule has 1 saturated heterocycles. The normalized spacial score (nSPS) is 33.0. The molecule has 1 fully saturated rings. The molecule has 2 spiro atoms. The number of carbonyl (C=O) groups is 3. The van der Waals surface area contributed by atoms with Gasteiger partial charge >= 0.3 is 12.1 Å². The number of fused-ring (bicyclic) bond motifs is 3. The highest BCUT2D eigenvalue weighted by molar-refractivity contribution is 6.09. The number of hydrogen-bond donors (Lipinski definition) is 1. The third kappa shape index (κ3) is 2.25. The van der Waals surface area contributed by atoms with Crippen molar-refractivity contribution >= 4 is 23.7 Å². The topological polar surface area (TPSA) is 96.4 Å². The van der Waals surface area contributed by atoms with Crippen LogP contribution in [-0.4, -0.2) is 66.4 Å². The summed E-state index contributed by atoms with van der Waals surface area (Å²) in [4.78, 5) is 43.6. The Morgan fingerprint density at radius 1 is 1.10 bits per heavy atom. The minimum Gasteiger partial charge on any atom is -0.466 e. The number of benzene rings is 1. The number of nitrogens with zero attached hydrogens (tertiary/aromatic N) is 2. The summed E-state index contributed by atoms with van der Waals surface area (Å²) in [5, 5.41) is 11.2. The Morgan fingerprint density at radius 3 is 2.61 bits per heavy atom. The summed E-state index contributed by atoms with van der Waals surface area (Å²) in [6, 6.07) is 7.24. The Hall–Kier alpha value is -3.13. The summed E-state index contributed by atoms with van der Waals surface area (Å²) in [6.07, 6.45) is 5.04. The second kappa shape index (κ2) is 6.43. The number of carbonyl (C=O) groups excluding carboxylic acids is 3. The van der Waals surface area contributed by atoms with Crippen molar-refractivity contribution in [2.45, 2.75) is 35.8 Å².